The van der Waals surface area contributed by atoms with Gasteiger partial charge in [-0.05, 0) is 37.2 Å². The Balaban J connectivity index is 2.64. The Morgan fingerprint density at radius 3 is 2.52 bits per heavy atom. The van der Waals surface area contributed by atoms with Crippen LogP contribution in [-0.4, -0.2) is 28.0 Å². The summed E-state index contributed by atoms with van der Waals surface area (Å²) in [6.45, 7) is 6.40. The van der Waals surface area contributed by atoms with Gasteiger partial charge in [-0.1, -0.05) is 20.3 Å². The number of hydrogen-bond donors (Lipinski definition) is 1. The van der Waals surface area contributed by atoms with E-state index in [9.17, 15) is 25.3 Å². The molecule has 1 aliphatic heterocycles. The highest BCUT2D eigenvalue weighted by atomic mass is 16.6. The molecule has 8 heteroatoms. The molecule has 2 rings (SSSR count). The summed E-state index contributed by atoms with van der Waals surface area (Å²) in [5.41, 5.74) is -0.00246. The lowest BCUT2D eigenvalue weighted by atomic mass is 9.78. The van der Waals surface area contributed by atoms with Gasteiger partial charge in [0.15, 0.2) is 5.69 Å². The standard InChI is InChI=1S/C17H25N3O5/c1-4-6-17(3)7-5-8-18(11-17)16-14(19(22)23)9-13(10-21)12(2)15(16)20(24)25/h9,21H,4-8,10-11H2,1-3H3. The summed E-state index contributed by atoms with van der Waals surface area (Å²) in [6, 6.07) is 1.27. The first-order valence-corrected chi connectivity index (χ1v) is 8.55. The summed E-state index contributed by atoms with van der Waals surface area (Å²) in [5.74, 6) is 0. The predicted molar refractivity (Wildman–Crippen MR) is 94.9 cm³/mol. The first-order chi connectivity index (χ1) is 11.7. The molecule has 1 aliphatic rings. The molecule has 0 spiro atoms. The number of anilines is 1. The van der Waals surface area contributed by atoms with Gasteiger partial charge in [0.25, 0.3) is 5.69 Å². The lowest BCUT2D eigenvalue weighted by molar-refractivity contribution is -0.393. The molecule has 0 aliphatic carbocycles. The molecule has 8 nitrogen and oxygen atoms in total. The molecular weight excluding hydrogens is 326 g/mol. The maximum atomic E-state index is 11.7. The Labute approximate surface area is 146 Å². The maximum absolute atomic E-state index is 11.7. The summed E-state index contributed by atoms with van der Waals surface area (Å²) in [7, 11) is 0. The van der Waals surface area contributed by atoms with Crippen molar-refractivity contribution in [2.75, 3.05) is 18.0 Å². The van der Waals surface area contributed by atoms with Crippen LogP contribution in [0.1, 0.15) is 50.7 Å². The van der Waals surface area contributed by atoms with Gasteiger partial charge in [-0.3, -0.25) is 20.2 Å². The van der Waals surface area contributed by atoms with Gasteiger partial charge in [0.2, 0.25) is 0 Å². The zero-order valence-corrected chi connectivity index (χ0v) is 14.9. The average Bonchev–Trinajstić information content (AvgIpc) is 2.53. The Morgan fingerprint density at radius 1 is 1.32 bits per heavy atom. The monoisotopic (exact) mass is 351 g/mol. The van der Waals surface area contributed by atoms with Crippen LogP contribution in [0.15, 0.2) is 6.07 Å². The first-order valence-electron chi connectivity index (χ1n) is 8.55. The second-order valence-electron chi connectivity index (χ2n) is 7.14. The topological polar surface area (TPSA) is 110 Å². The van der Waals surface area contributed by atoms with Gasteiger partial charge in [-0.15, -0.1) is 0 Å². The van der Waals surface area contributed by atoms with E-state index < -0.39 is 16.5 Å². The van der Waals surface area contributed by atoms with Crippen LogP contribution < -0.4 is 4.90 Å². The van der Waals surface area contributed by atoms with Crippen molar-refractivity contribution in [3.05, 3.63) is 37.4 Å². The second-order valence-corrected chi connectivity index (χ2v) is 7.14. The zero-order chi connectivity index (χ0) is 18.8. The van der Waals surface area contributed by atoms with E-state index >= 15 is 0 Å². The fraction of sp³-hybridized carbons (Fsp3) is 0.647. The van der Waals surface area contributed by atoms with Crippen molar-refractivity contribution >= 4 is 17.1 Å². The van der Waals surface area contributed by atoms with Crippen molar-refractivity contribution in [3.8, 4) is 0 Å². The van der Waals surface area contributed by atoms with Crippen molar-refractivity contribution in [2.45, 2.75) is 53.1 Å². The number of nitro benzene ring substituents is 2. The summed E-state index contributed by atoms with van der Waals surface area (Å²) in [6.07, 6.45) is 3.81. The fourth-order valence-electron chi connectivity index (χ4n) is 3.95. The highest BCUT2D eigenvalue weighted by Crippen LogP contribution is 2.45. The number of aliphatic hydroxyl groups excluding tert-OH is 1. The van der Waals surface area contributed by atoms with Crippen LogP contribution in [0.5, 0.6) is 0 Å². The number of nitro groups is 2. The van der Waals surface area contributed by atoms with Crippen LogP contribution in [0.25, 0.3) is 0 Å². The van der Waals surface area contributed by atoms with Crippen molar-refractivity contribution in [1.82, 2.24) is 0 Å². The minimum absolute atomic E-state index is 0.0156. The smallest absolute Gasteiger partial charge is 0.302 e. The van der Waals surface area contributed by atoms with E-state index in [1.54, 1.807) is 4.90 Å². The van der Waals surface area contributed by atoms with Gasteiger partial charge in [0.05, 0.1) is 16.5 Å². The molecule has 1 N–H and O–H groups in total. The molecule has 0 radical (unpaired) electrons. The zero-order valence-electron chi connectivity index (χ0n) is 14.9. The minimum atomic E-state index is -0.591. The third-order valence-corrected chi connectivity index (χ3v) is 5.12. The molecule has 1 aromatic rings. The molecule has 138 valence electrons. The second kappa shape index (κ2) is 7.35. The fourth-order valence-corrected chi connectivity index (χ4v) is 3.95. The van der Waals surface area contributed by atoms with Crippen LogP contribution in [0.2, 0.25) is 0 Å². The van der Waals surface area contributed by atoms with Gasteiger partial charge in [0, 0.05) is 24.7 Å². The van der Waals surface area contributed by atoms with E-state index in [0.717, 1.165) is 25.7 Å². The molecule has 1 saturated heterocycles. The first kappa shape index (κ1) is 19.1. The summed E-state index contributed by atoms with van der Waals surface area (Å²) >= 11 is 0. The number of hydrogen-bond acceptors (Lipinski definition) is 6. The largest absolute Gasteiger partial charge is 0.392 e. The molecule has 1 aromatic carbocycles. The number of nitrogens with zero attached hydrogens (tertiary/aromatic N) is 3. The molecule has 1 fully saturated rings. The highest BCUT2D eigenvalue weighted by Gasteiger charge is 2.38. The van der Waals surface area contributed by atoms with Crippen LogP contribution in [-0.2, 0) is 6.61 Å². The van der Waals surface area contributed by atoms with Gasteiger partial charge in [0.1, 0.15) is 0 Å². The third-order valence-electron chi connectivity index (χ3n) is 5.12. The van der Waals surface area contributed by atoms with Crippen LogP contribution in [0, 0.1) is 32.6 Å². The van der Waals surface area contributed by atoms with Crippen molar-refractivity contribution in [2.24, 2.45) is 5.41 Å². The minimum Gasteiger partial charge on any atom is -0.392 e. The molecule has 25 heavy (non-hydrogen) atoms. The summed E-state index contributed by atoms with van der Waals surface area (Å²) in [5, 5.41) is 32.7. The van der Waals surface area contributed by atoms with Crippen molar-refractivity contribution < 1.29 is 15.0 Å². The van der Waals surface area contributed by atoms with Gasteiger partial charge >= 0.3 is 5.69 Å². The number of piperidine rings is 1. The number of rotatable bonds is 6. The molecule has 1 atom stereocenters. The number of benzene rings is 1. The maximum Gasteiger partial charge on any atom is 0.302 e. The Kier molecular flexibility index (Phi) is 5.62. The third kappa shape index (κ3) is 3.73. The number of aliphatic hydroxyl groups is 1. The Hall–Kier alpha value is -2.22. The predicted octanol–water partition coefficient (Wildman–Crippen LogP) is 3.71. The molecule has 0 saturated carbocycles. The molecule has 0 aromatic heterocycles. The van der Waals surface area contributed by atoms with Crippen molar-refractivity contribution in [1.29, 1.82) is 0 Å². The molecule has 1 unspecified atom stereocenters. The van der Waals surface area contributed by atoms with E-state index in [4.69, 9.17) is 0 Å². The lowest BCUT2D eigenvalue weighted by Crippen LogP contribution is -2.42. The van der Waals surface area contributed by atoms with E-state index in [2.05, 4.69) is 13.8 Å². The normalized spacial score (nSPS) is 20.6. The SMILES string of the molecule is CCCC1(C)CCCN(c2c([N+](=O)[O-])cc(CO)c(C)c2[N+](=O)[O-])C1. The lowest BCUT2D eigenvalue weighted by Gasteiger charge is -2.41. The van der Waals surface area contributed by atoms with E-state index in [1.807, 2.05) is 0 Å². The molecule has 1 heterocycles. The van der Waals surface area contributed by atoms with Crippen molar-refractivity contribution in [3.63, 3.8) is 0 Å². The van der Waals surface area contributed by atoms with Gasteiger partial charge in [-0.25, -0.2) is 0 Å². The molecule has 0 amide bonds. The van der Waals surface area contributed by atoms with Crippen LogP contribution >= 0.6 is 0 Å². The Bertz CT molecular complexity index is 687. The van der Waals surface area contributed by atoms with Gasteiger partial charge in [-0.2, -0.15) is 0 Å². The molecular formula is C17H25N3O5. The highest BCUT2D eigenvalue weighted by molar-refractivity contribution is 5.79. The summed E-state index contributed by atoms with van der Waals surface area (Å²) < 4.78 is 0. The average molecular weight is 351 g/mol. The van der Waals surface area contributed by atoms with Crippen LogP contribution in [0.3, 0.4) is 0 Å². The quantitative estimate of drug-likeness (QED) is 0.618. The van der Waals surface area contributed by atoms with E-state index in [1.165, 1.54) is 13.0 Å². The van der Waals surface area contributed by atoms with E-state index in [0.29, 0.717) is 13.1 Å². The Morgan fingerprint density at radius 2 is 2.00 bits per heavy atom. The van der Waals surface area contributed by atoms with Crippen LogP contribution in [0.4, 0.5) is 17.1 Å². The summed E-state index contributed by atoms with van der Waals surface area (Å²) in [4.78, 5) is 23.9. The van der Waals surface area contributed by atoms with E-state index in [-0.39, 0.29) is 33.6 Å². The molecule has 0 bridgehead atoms. The van der Waals surface area contributed by atoms with Gasteiger partial charge < -0.3 is 10.0 Å².